The van der Waals surface area contributed by atoms with Crippen molar-refractivity contribution < 1.29 is 0 Å². The van der Waals surface area contributed by atoms with E-state index in [1.807, 2.05) is 6.07 Å². The molecule has 0 unspecified atom stereocenters. The highest BCUT2D eigenvalue weighted by atomic mass is 15.0. The quantitative estimate of drug-likeness (QED) is 0.373. The Morgan fingerprint density at radius 3 is 1.71 bits per heavy atom. The van der Waals surface area contributed by atoms with E-state index in [2.05, 4.69) is 97.9 Å². The van der Waals surface area contributed by atoms with Crippen molar-refractivity contribution in [1.29, 1.82) is 0 Å². The van der Waals surface area contributed by atoms with E-state index in [0.717, 1.165) is 35.4 Å². The van der Waals surface area contributed by atoms with E-state index in [1.54, 1.807) is 0 Å². The lowest BCUT2D eigenvalue weighted by Gasteiger charge is -2.11. The molecule has 0 atom stereocenters. The zero-order valence-electron chi connectivity index (χ0n) is 17.5. The van der Waals surface area contributed by atoms with Gasteiger partial charge in [0.05, 0.1) is 0 Å². The first-order valence-corrected chi connectivity index (χ1v) is 10.6. The Bertz CT molecular complexity index is 1250. The Kier molecular flexibility index (Phi) is 5.24. The molecule has 0 N–H and O–H groups in total. The summed E-state index contributed by atoms with van der Waals surface area (Å²) in [6.45, 7) is 2.08. The molecule has 1 aliphatic carbocycles. The van der Waals surface area contributed by atoms with Crippen molar-refractivity contribution in [2.45, 2.75) is 19.8 Å². The van der Waals surface area contributed by atoms with E-state index in [4.69, 9.17) is 15.0 Å². The predicted molar refractivity (Wildman–Crippen MR) is 127 cm³/mol. The van der Waals surface area contributed by atoms with Crippen molar-refractivity contribution in [3.8, 4) is 33.9 Å². The Morgan fingerprint density at radius 2 is 1.10 bits per heavy atom. The van der Waals surface area contributed by atoms with E-state index in [-0.39, 0.29) is 0 Å². The van der Waals surface area contributed by atoms with Crippen molar-refractivity contribution >= 4 is 5.57 Å². The molecular formula is C28H23N3. The molecule has 3 aromatic carbocycles. The second kappa shape index (κ2) is 8.49. The molecule has 0 fully saturated rings. The summed E-state index contributed by atoms with van der Waals surface area (Å²) in [6.07, 6.45) is 8.57. The fourth-order valence-electron chi connectivity index (χ4n) is 3.69. The van der Waals surface area contributed by atoms with Crippen molar-refractivity contribution in [2.24, 2.45) is 0 Å². The summed E-state index contributed by atoms with van der Waals surface area (Å²) in [5.74, 6) is 2.12. The molecule has 3 heteroatoms. The number of aromatic nitrogens is 3. The standard InChI is InChI=1S/C28H23N3/c1-20-12-14-24(15-13-20)27-29-26(23-10-6-3-7-11-23)30-28(31-27)25-18-16-22(17-19-25)21-8-4-2-5-9-21/h2,4-6,8-19H,3,7H2,1H3. The molecule has 0 radical (unpaired) electrons. The zero-order chi connectivity index (χ0) is 21.0. The van der Waals surface area contributed by atoms with Gasteiger partial charge in [-0.15, -0.1) is 0 Å². The lowest BCUT2D eigenvalue weighted by atomic mass is 10.0. The largest absolute Gasteiger partial charge is 0.208 e. The number of allylic oxidation sites excluding steroid dienone is 4. The third kappa shape index (κ3) is 4.22. The molecule has 0 saturated heterocycles. The Hall–Kier alpha value is -3.85. The average Bonchev–Trinajstić information content (AvgIpc) is 2.85. The predicted octanol–water partition coefficient (Wildman–Crippen LogP) is 6.91. The first-order valence-electron chi connectivity index (χ1n) is 10.6. The van der Waals surface area contributed by atoms with Crippen LogP contribution < -0.4 is 0 Å². The number of benzene rings is 3. The zero-order valence-corrected chi connectivity index (χ0v) is 17.5. The molecule has 31 heavy (non-hydrogen) atoms. The molecule has 0 bridgehead atoms. The summed E-state index contributed by atoms with van der Waals surface area (Å²) in [5, 5.41) is 0. The molecule has 150 valence electrons. The van der Waals surface area contributed by atoms with Gasteiger partial charge in [0.25, 0.3) is 0 Å². The van der Waals surface area contributed by atoms with Crippen molar-refractivity contribution in [2.75, 3.05) is 0 Å². The lowest BCUT2D eigenvalue weighted by molar-refractivity contribution is 1.01. The minimum atomic E-state index is 0.695. The Morgan fingerprint density at radius 1 is 0.548 bits per heavy atom. The smallest absolute Gasteiger partial charge is 0.164 e. The summed E-state index contributed by atoms with van der Waals surface area (Å²) in [6, 6.07) is 27.1. The molecule has 0 saturated carbocycles. The van der Waals surface area contributed by atoms with E-state index in [0.29, 0.717) is 11.6 Å². The van der Waals surface area contributed by atoms with Crippen LogP contribution in [0.25, 0.3) is 39.5 Å². The number of hydrogen-bond donors (Lipinski definition) is 0. The van der Waals surface area contributed by atoms with Crippen LogP contribution in [0.4, 0.5) is 0 Å². The van der Waals surface area contributed by atoms with Crippen LogP contribution in [-0.2, 0) is 0 Å². The second-order valence-electron chi connectivity index (χ2n) is 7.75. The van der Waals surface area contributed by atoms with Gasteiger partial charge in [-0.3, -0.25) is 0 Å². The SMILES string of the molecule is Cc1ccc(-c2nc(C3=CCCC=C3)nc(-c3ccc(-c4ccccc4)cc3)n2)cc1. The highest BCUT2D eigenvalue weighted by Gasteiger charge is 2.13. The summed E-state index contributed by atoms with van der Waals surface area (Å²) in [7, 11) is 0. The van der Waals surface area contributed by atoms with Crippen molar-refractivity contribution in [3.05, 3.63) is 108 Å². The number of aryl methyl sites for hydroxylation is 1. The number of hydrogen-bond acceptors (Lipinski definition) is 3. The van der Waals surface area contributed by atoms with Gasteiger partial charge in [0.2, 0.25) is 0 Å². The Labute approximate surface area is 182 Å². The van der Waals surface area contributed by atoms with E-state index < -0.39 is 0 Å². The van der Waals surface area contributed by atoms with Gasteiger partial charge < -0.3 is 0 Å². The summed E-state index contributed by atoms with van der Waals surface area (Å²) in [5.41, 5.74) is 6.63. The molecular weight excluding hydrogens is 378 g/mol. The summed E-state index contributed by atoms with van der Waals surface area (Å²) >= 11 is 0. The maximum Gasteiger partial charge on any atom is 0.164 e. The van der Waals surface area contributed by atoms with Crippen molar-refractivity contribution in [3.63, 3.8) is 0 Å². The van der Waals surface area contributed by atoms with Gasteiger partial charge in [-0.05, 0) is 30.9 Å². The molecule has 0 amide bonds. The minimum Gasteiger partial charge on any atom is -0.208 e. The van der Waals surface area contributed by atoms with Crippen LogP contribution in [0.2, 0.25) is 0 Å². The minimum absolute atomic E-state index is 0.695. The fourth-order valence-corrected chi connectivity index (χ4v) is 3.69. The number of rotatable bonds is 4. The lowest BCUT2D eigenvalue weighted by Crippen LogP contribution is -2.03. The first kappa shape index (κ1) is 19.1. The monoisotopic (exact) mass is 401 g/mol. The summed E-state index contributed by atoms with van der Waals surface area (Å²) < 4.78 is 0. The van der Waals surface area contributed by atoms with Gasteiger partial charge in [-0.2, -0.15) is 0 Å². The molecule has 1 aliphatic rings. The van der Waals surface area contributed by atoms with E-state index in [9.17, 15) is 0 Å². The van der Waals surface area contributed by atoms with Crippen LogP contribution >= 0.6 is 0 Å². The van der Waals surface area contributed by atoms with Gasteiger partial charge in [0.1, 0.15) is 0 Å². The van der Waals surface area contributed by atoms with Gasteiger partial charge in [0, 0.05) is 16.7 Å². The van der Waals surface area contributed by atoms with Crippen LogP contribution in [0, 0.1) is 6.92 Å². The first-order chi connectivity index (χ1) is 15.3. The van der Waals surface area contributed by atoms with Gasteiger partial charge in [0.15, 0.2) is 17.5 Å². The van der Waals surface area contributed by atoms with E-state index in [1.165, 1.54) is 16.7 Å². The highest BCUT2D eigenvalue weighted by molar-refractivity contribution is 5.74. The molecule has 4 aromatic rings. The molecule has 3 nitrogen and oxygen atoms in total. The molecule has 1 heterocycles. The average molecular weight is 402 g/mol. The van der Waals surface area contributed by atoms with Crippen LogP contribution in [0.15, 0.2) is 97.1 Å². The highest BCUT2D eigenvalue weighted by Crippen LogP contribution is 2.27. The Balaban J connectivity index is 1.58. The third-order valence-corrected chi connectivity index (χ3v) is 5.45. The van der Waals surface area contributed by atoms with Gasteiger partial charge >= 0.3 is 0 Å². The molecule has 0 spiro atoms. The third-order valence-electron chi connectivity index (χ3n) is 5.45. The van der Waals surface area contributed by atoms with Gasteiger partial charge in [-0.1, -0.05) is 103 Å². The maximum absolute atomic E-state index is 4.83. The van der Waals surface area contributed by atoms with Crippen molar-refractivity contribution in [1.82, 2.24) is 15.0 Å². The van der Waals surface area contributed by atoms with Crippen LogP contribution in [0.3, 0.4) is 0 Å². The second-order valence-corrected chi connectivity index (χ2v) is 7.75. The normalized spacial score (nSPS) is 13.1. The molecule has 0 aliphatic heterocycles. The topological polar surface area (TPSA) is 38.7 Å². The van der Waals surface area contributed by atoms with E-state index >= 15 is 0 Å². The molecule has 5 rings (SSSR count). The maximum atomic E-state index is 4.83. The molecule has 1 aromatic heterocycles. The van der Waals surface area contributed by atoms with Crippen LogP contribution in [0.5, 0.6) is 0 Å². The van der Waals surface area contributed by atoms with Crippen LogP contribution in [-0.4, -0.2) is 15.0 Å². The van der Waals surface area contributed by atoms with Crippen LogP contribution in [0.1, 0.15) is 24.2 Å². The number of nitrogens with zero attached hydrogens (tertiary/aromatic N) is 3. The fraction of sp³-hybridized carbons (Fsp3) is 0.107. The van der Waals surface area contributed by atoms with Gasteiger partial charge in [-0.25, -0.2) is 15.0 Å². The summed E-state index contributed by atoms with van der Waals surface area (Å²) in [4.78, 5) is 14.5.